The number of nitrogens with zero attached hydrogens (tertiary/aromatic N) is 1. The minimum absolute atomic E-state index is 0.448. The monoisotopic (exact) mass is 214 g/mol. The summed E-state index contributed by atoms with van der Waals surface area (Å²) in [6.07, 6.45) is 2.56. The number of aromatic nitrogens is 1. The Balaban J connectivity index is 2.42. The average molecular weight is 214 g/mol. The highest BCUT2D eigenvalue weighted by Gasteiger charge is 2.03. The van der Waals surface area contributed by atoms with Gasteiger partial charge in [0.05, 0.1) is 5.69 Å². The SMILES string of the molecule is NC(=O)c1ccc(-n2cccc2C=O)cc1. The first-order chi connectivity index (χ1) is 7.72. The molecule has 1 aromatic heterocycles. The van der Waals surface area contributed by atoms with E-state index in [2.05, 4.69) is 0 Å². The summed E-state index contributed by atoms with van der Waals surface area (Å²) in [6, 6.07) is 10.2. The van der Waals surface area contributed by atoms with Gasteiger partial charge in [-0.25, -0.2) is 0 Å². The Morgan fingerprint density at radius 3 is 2.44 bits per heavy atom. The van der Waals surface area contributed by atoms with Crippen LogP contribution in [0.4, 0.5) is 0 Å². The van der Waals surface area contributed by atoms with Crippen LogP contribution in [-0.2, 0) is 0 Å². The van der Waals surface area contributed by atoms with E-state index in [4.69, 9.17) is 5.73 Å². The van der Waals surface area contributed by atoms with E-state index in [0.29, 0.717) is 11.3 Å². The van der Waals surface area contributed by atoms with Crippen molar-refractivity contribution < 1.29 is 9.59 Å². The Kier molecular flexibility index (Phi) is 2.55. The number of aldehydes is 1. The van der Waals surface area contributed by atoms with Crippen molar-refractivity contribution in [3.8, 4) is 5.69 Å². The summed E-state index contributed by atoms with van der Waals surface area (Å²) >= 11 is 0. The number of primary amides is 1. The van der Waals surface area contributed by atoms with Crippen molar-refractivity contribution in [3.63, 3.8) is 0 Å². The Hall–Kier alpha value is -2.36. The van der Waals surface area contributed by atoms with Gasteiger partial charge in [0.2, 0.25) is 5.91 Å². The molecule has 0 radical (unpaired) electrons. The summed E-state index contributed by atoms with van der Waals surface area (Å²) in [5.74, 6) is -0.463. The van der Waals surface area contributed by atoms with Gasteiger partial charge in [-0.05, 0) is 36.4 Å². The number of hydrogen-bond acceptors (Lipinski definition) is 2. The molecule has 0 saturated heterocycles. The molecule has 4 heteroatoms. The molecule has 0 aliphatic heterocycles. The summed E-state index contributed by atoms with van der Waals surface area (Å²) < 4.78 is 1.73. The Morgan fingerprint density at radius 1 is 1.19 bits per heavy atom. The van der Waals surface area contributed by atoms with Crippen LogP contribution in [0.25, 0.3) is 5.69 Å². The van der Waals surface area contributed by atoms with E-state index in [0.717, 1.165) is 12.0 Å². The Morgan fingerprint density at radius 2 is 1.88 bits per heavy atom. The van der Waals surface area contributed by atoms with Crippen molar-refractivity contribution >= 4 is 12.2 Å². The van der Waals surface area contributed by atoms with Crippen LogP contribution in [0.15, 0.2) is 42.6 Å². The number of benzene rings is 1. The normalized spacial score (nSPS) is 10.0. The maximum atomic E-state index is 10.9. The third-order valence-corrected chi connectivity index (χ3v) is 2.33. The third-order valence-electron chi connectivity index (χ3n) is 2.33. The first-order valence-electron chi connectivity index (χ1n) is 4.75. The van der Waals surface area contributed by atoms with E-state index in [1.165, 1.54) is 0 Å². The second-order valence-corrected chi connectivity index (χ2v) is 3.33. The molecule has 1 aromatic carbocycles. The van der Waals surface area contributed by atoms with Crippen LogP contribution >= 0.6 is 0 Å². The topological polar surface area (TPSA) is 65.1 Å². The van der Waals surface area contributed by atoms with Gasteiger partial charge in [-0.2, -0.15) is 0 Å². The van der Waals surface area contributed by atoms with E-state index in [9.17, 15) is 9.59 Å². The van der Waals surface area contributed by atoms with Gasteiger partial charge in [-0.3, -0.25) is 9.59 Å². The zero-order valence-corrected chi connectivity index (χ0v) is 8.46. The van der Waals surface area contributed by atoms with Crippen molar-refractivity contribution in [1.29, 1.82) is 0 Å². The molecule has 0 aliphatic rings. The lowest BCUT2D eigenvalue weighted by atomic mass is 10.2. The molecule has 16 heavy (non-hydrogen) atoms. The summed E-state index contributed by atoms with van der Waals surface area (Å²) in [5, 5.41) is 0. The van der Waals surface area contributed by atoms with Crippen LogP contribution in [0.2, 0.25) is 0 Å². The molecule has 1 amide bonds. The summed E-state index contributed by atoms with van der Waals surface area (Å²) in [5.41, 5.74) is 6.96. The number of rotatable bonds is 3. The summed E-state index contributed by atoms with van der Waals surface area (Å²) in [7, 11) is 0. The fourth-order valence-electron chi connectivity index (χ4n) is 1.51. The number of nitrogens with two attached hydrogens (primary N) is 1. The maximum absolute atomic E-state index is 10.9. The molecule has 2 aromatic rings. The van der Waals surface area contributed by atoms with E-state index in [1.54, 1.807) is 47.2 Å². The van der Waals surface area contributed by atoms with Crippen LogP contribution in [0.3, 0.4) is 0 Å². The van der Waals surface area contributed by atoms with Crippen LogP contribution in [0.1, 0.15) is 20.8 Å². The van der Waals surface area contributed by atoms with Gasteiger partial charge in [0.15, 0.2) is 6.29 Å². The van der Waals surface area contributed by atoms with Gasteiger partial charge in [-0.15, -0.1) is 0 Å². The van der Waals surface area contributed by atoms with Crippen molar-refractivity contribution in [3.05, 3.63) is 53.9 Å². The fraction of sp³-hybridized carbons (Fsp3) is 0. The number of carbonyl (C=O) groups excluding carboxylic acids is 2. The summed E-state index contributed by atoms with van der Waals surface area (Å²) in [4.78, 5) is 21.6. The molecule has 0 aliphatic carbocycles. The van der Waals surface area contributed by atoms with Gasteiger partial charge in [0, 0.05) is 17.4 Å². The van der Waals surface area contributed by atoms with E-state index in [-0.39, 0.29) is 0 Å². The van der Waals surface area contributed by atoms with Crippen LogP contribution in [0, 0.1) is 0 Å². The fourth-order valence-corrected chi connectivity index (χ4v) is 1.51. The average Bonchev–Trinajstić information content (AvgIpc) is 2.77. The van der Waals surface area contributed by atoms with Crippen molar-refractivity contribution in [2.24, 2.45) is 5.73 Å². The molecule has 0 fully saturated rings. The molecule has 1 heterocycles. The predicted molar refractivity (Wildman–Crippen MR) is 59.7 cm³/mol. The number of amides is 1. The van der Waals surface area contributed by atoms with Gasteiger partial charge in [0.25, 0.3) is 0 Å². The lowest BCUT2D eigenvalue weighted by Crippen LogP contribution is -2.10. The molecule has 2 N–H and O–H groups in total. The van der Waals surface area contributed by atoms with Crippen molar-refractivity contribution in [2.75, 3.05) is 0 Å². The van der Waals surface area contributed by atoms with Crippen LogP contribution < -0.4 is 5.73 Å². The molecule has 2 rings (SSSR count). The molecule has 0 bridgehead atoms. The zero-order chi connectivity index (χ0) is 11.5. The first-order valence-corrected chi connectivity index (χ1v) is 4.75. The standard InChI is InChI=1S/C12H10N2O2/c13-12(16)9-3-5-10(6-4-9)14-7-1-2-11(14)8-15/h1-8H,(H2,13,16). The van der Waals surface area contributed by atoms with Crippen molar-refractivity contribution in [2.45, 2.75) is 0 Å². The summed E-state index contributed by atoms with van der Waals surface area (Å²) in [6.45, 7) is 0. The second-order valence-electron chi connectivity index (χ2n) is 3.33. The van der Waals surface area contributed by atoms with Crippen molar-refractivity contribution in [1.82, 2.24) is 4.57 Å². The lowest BCUT2D eigenvalue weighted by Gasteiger charge is -2.05. The molecule has 80 valence electrons. The largest absolute Gasteiger partial charge is 0.366 e. The molecular weight excluding hydrogens is 204 g/mol. The van der Waals surface area contributed by atoms with Crippen LogP contribution in [-0.4, -0.2) is 16.8 Å². The van der Waals surface area contributed by atoms with Crippen LogP contribution in [0.5, 0.6) is 0 Å². The quantitative estimate of drug-likeness (QED) is 0.784. The second kappa shape index (κ2) is 4.02. The first kappa shape index (κ1) is 10.2. The minimum Gasteiger partial charge on any atom is -0.366 e. The maximum Gasteiger partial charge on any atom is 0.248 e. The van der Waals surface area contributed by atoms with Gasteiger partial charge in [-0.1, -0.05) is 0 Å². The molecule has 4 nitrogen and oxygen atoms in total. The molecule has 0 saturated carbocycles. The predicted octanol–water partition coefficient (Wildman–Crippen LogP) is 1.39. The minimum atomic E-state index is -0.463. The molecule has 0 atom stereocenters. The molecule has 0 unspecified atom stereocenters. The highest BCUT2D eigenvalue weighted by Crippen LogP contribution is 2.12. The highest BCUT2D eigenvalue weighted by atomic mass is 16.1. The van der Waals surface area contributed by atoms with E-state index < -0.39 is 5.91 Å². The number of carbonyl (C=O) groups is 2. The van der Waals surface area contributed by atoms with Gasteiger partial charge in [0.1, 0.15) is 0 Å². The molecule has 0 spiro atoms. The third kappa shape index (κ3) is 1.72. The Bertz CT molecular complexity index is 526. The van der Waals surface area contributed by atoms with E-state index >= 15 is 0 Å². The Labute approximate surface area is 92.3 Å². The lowest BCUT2D eigenvalue weighted by molar-refractivity contribution is 0.0999. The molecular formula is C12H10N2O2. The zero-order valence-electron chi connectivity index (χ0n) is 8.46. The number of hydrogen-bond donors (Lipinski definition) is 1. The smallest absolute Gasteiger partial charge is 0.248 e. The van der Waals surface area contributed by atoms with Gasteiger partial charge < -0.3 is 10.3 Å². The van der Waals surface area contributed by atoms with Gasteiger partial charge >= 0.3 is 0 Å². The highest BCUT2D eigenvalue weighted by molar-refractivity contribution is 5.92. The van der Waals surface area contributed by atoms with E-state index in [1.807, 2.05) is 0 Å².